The predicted octanol–water partition coefficient (Wildman–Crippen LogP) is 4.21. The molecule has 96 valence electrons. The van der Waals surface area contributed by atoms with Gasteiger partial charge in [0.1, 0.15) is 0 Å². The molecule has 1 saturated heterocycles. The lowest BCUT2D eigenvalue weighted by molar-refractivity contribution is -0.137. The van der Waals surface area contributed by atoms with Gasteiger partial charge < -0.3 is 5.32 Å². The van der Waals surface area contributed by atoms with E-state index in [2.05, 4.69) is 5.32 Å². The van der Waals surface area contributed by atoms with Crippen LogP contribution in [0.4, 0.5) is 13.2 Å². The molecule has 0 spiro atoms. The van der Waals surface area contributed by atoms with Crippen LogP contribution in [-0.2, 0) is 6.18 Å². The molecule has 1 atom stereocenters. The van der Waals surface area contributed by atoms with Crippen molar-refractivity contribution in [3.05, 3.63) is 34.3 Å². The first-order valence-corrected chi connectivity index (χ1v) is 5.46. The smallest absolute Gasteiger partial charge is 0.310 e. The van der Waals surface area contributed by atoms with Crippen molar-refractivity contribution in [2.75, 3.05) is 6.54 Å². The van der Waals surface area contributed by atoms with Crippen LogP contribution in [0.25, 0.3) is 0 Å². The van der Waals surface area contributed by atoms with Crippen LogP contribution in [0.2, 0.25) is 5.02 Å². The Labute approximate surface area is 109 Å². The summed E-state index contributed by atoms with van der Waals surface area (Å²) in [5, 5.41) is 3.29. The largest absolute Gasteiger partial charge is 0.416 e. The highest BCUT2D eigenvalue weighted by atomic mass is 35.5. The first-order chi connectivity index (χ1) is 7.47. The van der Waals surface area contributed by atoms with E-state index >= 15 is 0 Å². The van der Waals surface area contributed by atoms with Crippen LogP contribution in [-0.4, -0.2) is 6.54 Å². The Hall–Kier alpha value is -0.450. The Morgan fingerprint density at radius 1 is 1.24 bits per heavy atom. The normalized spacial score (nSPS) is 20.1. The van der Waals surface area contributed by atoms with E-state index in [9.17, 15) is 13.2 Å². The molecule has 0 radical (unpaired) electrons. The Bertz CT molecular complexity index is 387. The van der Waals surface area contributed by atoms with Crippen molar-refractivity contribution in [3.8, 4) is 0 Å². The number of halogens is 5. The second-order valence-corrected chi connectivity index (χ2v) is 4.36. The molecule has 1 aliphatic rings. The molecule has 2 rings (SSSR count). The van der Waals surface area contributed by atoms with Crippen molar-refractivity contribution in [3.63, 3.8) is 0 Å². The fourth-order valence-electron chi connectivity index (χ4n) is 1.95. The number of alkyl halides is 3. The third-order valence-electron chi connectivity index (χ3n) is 2.71. The first-order valence-electron chi connectivity index (χ1n) is 5.08. The molecular formula is C11H12Cl2F3N. The van der Waals surface area contributed by atoms with Crippen LogP contribution in [0.1, 0.15) is 30.0 Å². The first kappa shape index (κ1) is 14.6. The molecule has 1 aromatic rings. The lowest BCUT2D eigenvalue weighted by Crippen LogP contribution is -2.14. The number of rotatable bonds is 1. The fourth-order valence-corrected chi connectivity index (χ4v) is 2.19. The Morgan fingerprint density at radius 3 is 2.47 bits per heavy atom. The van der Waals surface area contributed by atoms with Crippen LogP contribution >= 0.6 is 24.0 Å². The summed E-state index contributed by atoms with van der Waals surface area (Å²) < 4.78 is 37.7. The van der Waals surface area contributed by atoms with E-state index in [-0.39, 0.29) is 23.5 Å². The molecule has 1 N–H and O–H groups in total. The Kier molecular flexibility index (Phi) is 4.69. The molecule has 1 aromatic carbocycles. The molecule has 1 heterocycles. The summed E-state index contributed by atoms with van der Waals surface area (Å²) in [5.41, 5.74) is -0.0546. The quantitative estimate of drug-likeness (QED) is 0.815. The summed E-state index contributed by atoms with van der Waals surface area (Å²) in [6, 6.07) is 3.73. The molecule has 1 fully saturated rings. The van der Waals surface area contributed by atoms with Crippen LogP contribution < -0.4 is 5.32 Å². The molecule has 17 heavy (non-hydrogen) atoms. The number of hydrogen-bond donors (Lipinski definition) is 1. The maximum absolute atomic E-state index is 12.6. The topological polar surface area (TPSA) is 12.0 Å². The van der Waals surface area contributed by atoms with Gasteiger partial charge in [-0.25, -0.2) is 0 Å². The fraction of sp³-hybridized carbons (Fsp3) is 0.455. The number of benzene rings is 1. The molecule has 1 nitrogen and oxygen atoms in total. The molecule has 0 saturated carbocycles. The van der Waals surface area contributed by atoms with Gasteiger partial charge in [0, 0.05) is 11.1 Å². The maximum atomic E-state index is 12.6. The zero-order valence-corrected chi connectivity index (χ0v) is 10.4. The summed E-state index contributed by atoms with van der Waals surface area (Å²) in [6.07, 6.45) is -2.49. The van der Waals surface area contributed by atoms with Crippen LogP contribution in [0, 0.1) is 0 Å². The lowest BCUT2D eigenvalue weighted by atomic mass is 10.0. The van der Waals surface area contributed by atoms with Gasteiger partial charge in [-0.05, 0) is 43.1 Å². The highest BCUT2D eigenvalue weighted by Crippen LogP contribution is 2.34. The third kappa shape index (κ3) is 3.50. The SMILES string of the molecule is Cl.FC(F)(F)c1cc(Cl)cc([C@@H]2CCCN2)c1. The molecule has 0 aromatic heterocycles. The third-order valence-corrected chi connectivity index (χ3v) is 2.93. The molecule has 0 aliphatic carbocycles. The van der Waals surface area contributed by atoms with Gasteiger partial charge in [0.2, 0.25) is 0 Å². The van der Waals surface area contributed by atoms with E-state index in [1.54, 1.807) is 6.07 Å². The summed E-state index contributed by atoms with van der Waals surface area (Å²) in [4.78, 5) is 0. The van der Waals surface area contributed by atoms with Gasteiger partial charge in [-0.3, -0.25) is 0 Å². The Morgan fingerprint density at radius 2 is 1.94 bits per heavy atom. The van der Waals surface area contributed by atoms with E-state index in [1.807, 2.05) is 0 Å². The summed E-state index contributed by atoms with van der Waals surface area (Å²) in [7, 11) is 0. The number of nitrogens with one attached hydrogen (secondary N) is 1. The second kappa shape index (κ2) is 5.46. The van der Waals surface area contributed by atoms with E-state index in [1.165, 1.54) is 6.07 Å². The Balaban J connectivity index is 0.00000144. The minimum Gasteiger partial charge on any atom is -0.310 e. The minimum atomic E-state index is -4.34. The molecular weight excluding hydrogens is 274 g/mol. The lowest BCUT2D eigenvalue weighted by Gasteiger charge is -2.14. The highest BCUT2D eigenvalue weighted by Gasteiger charge is 2.32. The van der Waals surface area contributed by atoms with Crippen molar-refractivity contribution in [1.82, 2.24) is 5.32 Å². The van der Waals surface area contributed by atoms with Gasteiger partial charge in [0.05, 0.1) is 5.56 Å². The molecule has 0 bridgehead atoms. The standard InChI is InChI=1S/C11H11ClF3N.ClH/c12-9-5-7(10-2-1-3-16-10)4-8(6-9)11(13,14)15;/h4-6,10,16H,1-3H2;1H/t10-;/m0./s1. The molecule has 0 amide bonds. The second-order valence-electron chi connectivity index (χ2n) is 3.92. The van der Waals surface area contributed by atoms with E-state index in [4.69, 9.17) is 11.6 Å². The van der Waals surface area contributed by atoms with Crippen molar-refractivity contribution in [1.29, 1.82) is 0 Å². The minimum absolute atomic E-state index is 0. The van der Waals surface area contributed by atoms with Gasteiger partial charge in [-0.15, -0.1) is 12.4 Å². The summed E-state index contributed by atoms with van der Waals surface area (Å²) in [6.45, 7) is 0.846. The van der Waals surface area contributed by atoms with Crippen molar-refractivity contribution in [2.24, 2.45) is 0 Å². The van der Waals surface area contributed by atoms with Gasteiger partial charge in [0.15, 0.2) is 0 Å². The number of hydrogen-bond acceptors (Lipinski definition) is 1. The van der Waals surface area contributed by atoms with Crippen molar-refractivity contribution >= 4 is 24.0 Å². The van der Waals surface area contributed by atoms with Gasteiger partial charge in [-0.2, -0.15) is 13.2 Å². The monoisotopic (exact) mass is 285 g/mol. The average Bonchev–Trinajstić information content (AvgIpc) is 2.68. The van der Waals surface area contributed by atoms with Crippen LogP contribution in [0.3, 0.4) is 0 Å². The molecule has 0 unspecified atom stereocenters. The van der Waals surface area contributed by atoms with Crippen molar-refractivity contribution in [2.45, 2.75) is 25.1 Å². The molecule has 6 heteroatoms. The zero-order chi connectivity index (χ0) is 11.8. The summed E-state index contributed by atoms with van der Waals surface area (Å²) >= 11 is 5.71. The van der Waals surface area contributed by atoms with E-state index in [0.717, 1.165) is 25.5 Å². The van der Waals surface area contributed by atoms with Gasteiger partial charge >= 0.3 is 6.18 Å². The van der Waals surface area contributed by atoms with Crippen LogP contribution in [0.5, 0.6) is 0 Å². The predicted molar refractivity (Wildman–Crippen MR) is 63.7 cm³/mol. The van der Waals surface area contributed by atoms with Crippen molar-refractivity contribution < 1.29 is 13.2 Å². The van der Waals surface area contributed by atoms with Crippen LogP contribution in [0.15, 0.2) is 18.2 Å². The van der Waals surface area contributed by atoms with E-state index in [0.29, 0.717) is 5.56 Å². The van der Waals surface area contributed by atoms with E-state index < -0.39 is 11.7 Å². The maximum Gasteiger partial charge on any atom is 0.416 e. The summed E-state index contributed by atoms with van der Waals surface area (Å²) in [5.74, 6) is 0. The van der Waals surface area contributed by atoms with Gasteiger partial charge in [0.25, 0.3) is 0 Å². The average molecular weight is 286 g/mol. The zero-order valence-electron chi connectivity index (χ0n) is 8.85. The highest BCUT2D eigenvalue weighted by molar-refractivity contribution is 6.30. The molecule has 1 aliphatic heterocycles. The van der Waals surface area contributed by atoms with Gasteiger partial charge in [-0.1, -0.05) is 11.6 Å².